The third kappa shape index (κ3) is 2.68. The van der Waals surface area contributed by atoms with Gasteiger partial charge in [0.2, 0.25) is 0 Å². The summed E-state index contributed by atoms with van der Waals surface area (Å²) in [6, 6.07) is 2.50. The maximum Gasteiger partial charge on any atom is 0.336 e. The van der Waals surface area contributed by atoms with Crippen LogP contribution in [-0.4, -0.2) is 28.4 Å². The van der Waals surface area contributed by atoms with Crippen LogP contribution in [0.25, 0.3) is 0 Å². The number of aromatic hydroxyl groups is 1. The topological polar surface area (TPSA) is 87.0 Å². The van der Waals surface area contributed by atoms with Crippen molar-refractivity contribution < 1.29 is 24.9 Å². The summed E-state index contributed by atoms with van der Waals surface area (Å²) in [5.74, 6) is -1.32. The monoisotopic (exact) mass is 240 g/mol. The number of ether oxygens (including phenoxy) is 1. The van der Waals surface area contributed by atoms with E-state index >= 15 is 0 Å². The number of rotatable bonds is 5. The molecule has 1 aromatic rings. The Morgan fingerprint density at radius 3 is 2.59 bits per heavy atom. The number of phenols is 1. The van der Waals surface area contributed by atoms with E-state index in [0.717, 1.165) is 0 Å². The number of benzene rings is 1. The Labute approximate surface area is 99.3 Å². The summed E-state index contributed by atoms with van der Waals surface area (Å²) in [7, 11) is 1.32. The number of methoxy groups -OCH3 is 1. The number of hydrogen-bond donors (Lipinski definition) is 3. The smallest absolute Gasteiger partial charge is 0.336 e. The zero-order valence-corrected chi connectivity index (χ0v) is 9.80. The molecule has 0 bridgehead atoms. The van der Waals surface area contributed by atoms with Crippen LogP contribution in [0.1, 0.15) is 41.8 Å². The maximum atomic E-state index is 11.1. The number of hydrogen-bond acceptors (Lipinski definition) is 4. The van der Waals surface area contributed by atoms with E-state index in [1.807, 2.05) is 6.92 Å². The first-order chi connectivity index (χ1) is 8.02. The molecule has 3 N–H and O–H groups in total. The summed E-state index contributed by atoms with van der Waals surface area (Å²) in [4.78, 5) is 11.1. The zero-order valence-electron chi connectivity index (χ0n) is 9.80. The van der Waals surface area contributed by atoms with E-state index in [9.17, 15) is 15.0 Å². The molecule has 5 nitrogen and oxygen atoms in total. The average Bonchev–Trinajstić information content (AvgIpc) is 2.28. The van der Waals surface area contributed by atoms with Crippen LogP contribution >= 0.6 is 0 Å². The van der Waals surface area contributed by atoms with Gasteiger partial charge in [-0.05, 0) is 18.6 Å². The Morgan fingerprint density at radius 1 is 1.47 bits per heavy atom. The van der Waals surface area contributed by atoms with Crippen LogP contribution in [0.5, 0.6) is 11.5 Å². The molecule has 1 rings (SSSR count). The van der Waals surface area contributed by atoms with Gasteiger partial charge in [0.15, 0.2) is 11.5 Å². The van der Waals surface area contributed by atoms with Crippen molar-refractivity contribution in [1.29, 1.82) is 0 Å². The van der Waals surface area contributed by atoms with Gasteiger partial charge in [0, 0.05) is 5.56 Å². The molecular weight excluding hydrogens is 224 g/mol. The van der Waals surface area contributed by atoms with Crippen LogP contribution in [0.15, 0.2) is 12.1 Å². The summed E-state index contributed by atoms with van der Waals surface area (Å²) < 4.78 is 4.96. The molecule has 0 amide bonds. The molecule has 1 unspecified atom stereocenters. The number of carboxylic acid groups (broad SMARTS) is 1. The third-order valence-corrected chi connectivity index (χ3v) is 2.51. The van der Waals surface area contributed by atoms with Gasteiger partial charge in [-0.1, -0.05) is 13.3 Å². The average molecular weight is 240 g/mol. The third-order valence-electron chi connectivity index (χ3n) is 2.51. The van der Waals surface area contributed by atoms with E-state index in [0.29, 0.717) is 12.8 Å². The fourth-order valence-electron chi connectivity index (χ4n) is 1.74. The first-order valence-corrected chi connectivity index (χ1v) is 5.34. The number of aliphatic hydroxyl groups excluding tert-OH is 1. The highest BCUT2D eigenvalue weighted by Gasteiger charge is 2.23. The van der Waals surface area contributed by atoms with Gasteiger partial charge in [-0.2, -0.15) is 0 Å². The molecule has 0 saturated carbocycles. The van der Waals surface area contributed by atoms with Gasteiger partial charge < -0.3 is 20.1 Å². The largest absolute Gasteiger partial charge is 0.504 e. The van der Waals surface area contributed by atoms with E-state index in [-0.39, 0.29) is 22.6 Å². The SMILES string of the molecule is CCCC(O)c1c(C(=O)O)ccc(O)c1OC. The highest BCUT2D eigenvalue weighted by atomic mass is 16.5. The summed E-state index contributed by atoms with van der Waals surface area (Å²) >= 11 is 0. The van der Waals surface area contributed by atoms with Crippen LogP contribution in [0, 0.1) is 0 Å². The summed E-state index contributed by atoms with van der Waals surface area (Å²) in [6.45, 7) is 1.87. The highest BCUT2D eigenvalue weighted by Crippen LogP contribution is 2.38. The van der Waals surface area contributed by atoms with Crippen molar-refractivity contribution in [3.05, 3.63) is 23.3 Å². The second kappa shape index (κ2) is 5.54. The van der Waals surface area contributed by atoms with Crippen molar-refractivity contribution in [3.8, 4) is 11.5 Å². The molecule has 0 aliphatic heterocycles. The lowest BCUT2D eigenvalue weighted by molar-refractivity contribution is 0.0686. The van der Waals surface area contributed by atoms with Gasteiger partial charge in [0.25, 0.3) is 0 Å². The van der Waals surface area contributed by atoms with Gasteiger partial charge in [-0.25, -0.2) is 4.79 Å². The molecule has 0 heterocycles. The van der Waals surface area contributed by atoms with Crippen LogP contribution in [0.3, 0.4) is 0 Å². The molecule has 0 fully saturated rings. The van der Waals surface area contributed by atoms with E-state index in [2.05, 4.69) is 0 Å². The van der Waals surface area contributed by atoms with Crippen LogP contribution in [-0.2, 0) is 0 Å². The number of aliphatic hydroxyl groups is 1. The van der Waals surface area contributed by atoms with E-state index in [1.54, 1.807) is 0 Å². The van der Waals surface area contributed by atoms with Gasteiger partial charge in [-0.3, -0.25) is 0 Å². The Morgan fingerprint density at radius 2 is 2.12 bits per heavy atom. The highest BCUT2D eigenvalue weighted by molar-refractivity contribution is 5.91. The van der Waals surface area contributed by atoms with E-state index in [4.69, 9.17) is 9.84 Å². The number of phenolic OH excluding ortho intramolecular Hbond substituents is 1. The van der Waals surface area contributed by atoms with Crippen LogP contribution in [0.4, 0.5) is 0 Å². The lowest BCUT2D eigenvalue weighted by Crippen LogP contribution is -2.09. The first kappa shape index (κ1) is 13.3. The fraction of sp³-hybridized carbons (Fsp3) is 0.417. The van der Waals surface area contributed by atoms with Gasteiger partial charge >= 0.3 is 5.97 Å². The lowest BCUT2D eigenvalue weighted by atomic mass is 9.97. The van der Waals surface area contributed by atoms with Gasteiger partial charge in [0.05, 0.1) is 18.8 Å². The van der Waals surface area contributed by atoms with Crippen molar-refractivity contribution in [1.82, 2.24) is 0 Å². The number of carboxylic acids is 1. The minimum absolute atomic E-state index is 0.0193. The Balaban J connectivity index is 3.38. The summed E-state index contributed by atoms with van der Waals surface area (Å²) in [6.07, 6.45) is 0.132. The number of carbonyl (C=O) groups is 1. The molecule has 94 valence electrons. The molecule has 0 aliphatic rings. The second-order valence-electron chi connectivity index (χ2n) is 3.69. The quantitative estimate of drug-likeness (QED) is 0.732. The van der Waals surface area contributed by atoms with Crippen molar-refractivity contribution in [2.75, 3.05) is 7.11 Å². The minimum Gasteiger partial charge on any atom is -0.504 e. The fourth-order valence-corrected chi connectivity index (χ4v) is 1.74. The van der Waals surface area contributed by atoms with E-state index in [1.165, 1.54) is 19.2 Å². The van der Waals surface area contributed by atoms with E-state index < -0.39 is 12.1 Å². The Bertz CT molecular complexity index is 414. The molecule has 1 atom stereocenters. The van der Waals surface area contributed by atoms with Crippen molar-refractivity contribution in [2.24, 2.45) is 0 Å². The molecule has 17 heavy (non-hydrogen) atoms. The Hall–Kier alpha value is -1.75. The molecule has 0 radical (unpaired) electrons. The van der Waals surface area contributed by atoms with Crippen molar-refractivity contribution >= 4 is 5.97 Å². The predicted octanol–water partition coefficient (Wildman–Crippen LogP) is 1.93. The summed E-state index contributed by atoms with van der Waals surface area (Å²) in [5, 5.41) is 28.6. The molecular formula is C12H16O5. The molecule has 0 aliphatic carbocycles. The predicted molar refractivity (Wildman–Crippen MR) is 61.5 cm³/mol. The van der Waals surface area contributed by atoms with Gasteiger partial charge in [0.1, 0.15) is 0 Å². The zero-order chi connectivity index (χ0) is 13.0. The van der Waals surface area contributed by atoms with Crippen LogP contribution < -0.4 is 4.74 Å². The standard InChI is InChI=1S/C12H16O5/c1-3-4-8(13)10-7(12(15)16)5-6-9(14)11(10)17-2/h5-6,8,13-14H,3-4H2,1-2H3,(H,15,16). The van der Waals surface area contributed by atoms with Crippen LogP contribution in [0.2, 0.25) is 0 Å². The van der Waals surface area contributed by atoms with Gasteiger partial charge in [-0.15, -0.1) is 0 Å². The molecule has 0 spiro atoms. The Kier molecular flexibility index (Phi) is 4.34. The molecule has 0 aromatic heterocycles. The molecule has 0 saturated heterocycles. The summed E-state index contributed by atoms with van der Waals surface area (Å²) in [5.41, 5.74) is 0.0717. The second-order valence-corrected chi connectivity index (χ2v) is 3.69. The van der Waals surface area contributed by atoms with Crippen molar-refractivity contribution in [3.63, 3.8) is 0 Å². The number of aromatic carboxylic acids is 1. The van der Waals surface area contributed by atoms with Crippen molar-refractivity contribution in [2.45, 2.75) is 25.9 Å². The minimum atomic E-state index is -1.16. The first-order valence-electron chi connectivity index (χ1n) is 5.34. The molecule has 5 heteroatoms. The normalized spacial score (nSPS) is 12.2. The lowest BCUT2D eigenvalue weighted by Gasteiger charge is -2.17. The molecule has 1 aromatic carbocycles. The maximum absolute atomic E-state index is 11.1.